The van der Waals surface area contributed by atoms with Crippen molar-refractivity contribution in [2.45, 2.75) is 298 Å². The molecule has 0 aromatic heterocycles. The molecular weight excluding hydrogens is 1640 g/mol. The number of hydrogen-bond donors (Lipinski definition) is 13. The van der Waals surface area contributed by atoms with Gasteiger partial charge in [0.15, 0.2) is 0 Å². The van der Waals surface area contributed by atoms with Crippen molar-refractivity contribution in [2.24, 2.45) is 5.92 Å². The first-order chi connectivity index (χ1) is 58.7. The average molecular weight is 1780 g/mol. The lowest BCUT2D eigenvalue weighted by atomic mass is 10.0. The maximum absolute atomic E-state index is 14.0. The number of phenols is 1. The van der Waals surface area contributed by atoms with Gasteiger partial charge in [0.1, 0.15) is 64.0 Å². The smallest absolute Gasteiger partial charge is 0.407 e. The summed E-state index contributed by atoms with van der Waals surface area (Å²) in [5.74, 6) is -9.40. The molecule has 38 heteroatoms. The van der Waals surface area contributed by atoms with Crippen molar-refractivity contribution in [3.8, 4) is 5.75 Å². The first-order valence-electron chi connectivity index (χ1n) is 42.9. The number of rotatable bonds is 53. The standard InChI is InChI=1S/C88H137N13O25/c1-55(2)74(79(115)94-56(3)75(111)93-54-69(106)97-64-53-57(30-37-65(64)102)52-60(95-83(119)126-88(16,17)18)35-40-72(109)122-84(4,5)6)100-78(114)61(96-68(105)29-25-47-101-70(107)38-39-71(101)108)26-19-22-44-90-67(104)42-48-120-50-51-121-49-46-92-77(113)59-33-31-58(32-34-59)76(112)91-45-24-21-28-66(103)89-43-23-20-27-62(80(116)124-86(10,11)12)98-82(118)99-63(81(117)125-87(13,14)15)36-41-73(110)123-85(7,8)9/h30-34,37-39,53,55-56,60-63,74,102H,19-29,35-36,40-52,54H2,1-18H3,(H,89,103)(H,90,104)(H,91,112)(H,92,113)(H,93,111)(H,94,115)(H,95,119)(H,96,105)(H,97,106)(H,100,114)(H2,98,99,118)/t56-,60+,61-,62-,63-,74-/m0/s1. The van der Waals surface area contributed by atoms with Gasteiger partial charge in [0.05, 0.1) is 38.7 Å². The van der Waals surface area contributed by atoms with Gasteiger partial charge in [-0.2, -0.15) is 0 Å². The zero-order valence-corrected chi connectivity index (χ0v) is 76.5. The van der Waals surface area contributed by atoms with E-state index in [2.05, 4.69) is 63.8 Å². The molecule has 2 aromatic carbocycles. The highest BCUT2D eigenvalue weighted by atomic mass is 16.6. The zero-order chi connectivity index (χ0) is 94.7. The lowest BCUT2D eigenvalue weighted by Crippen LogP contribution is -2.58. The summed E-state index contributed by atoms with van der Waals surface area (Å²) >= 11 is 0. The number of nitrogens with zero attached hydrogens (tertiary/aromatic N) is 1. The van der Waals surface area contributed by atoms with Crippen LogP contribution in [-0.2, 0) is 102 Å². The monoisotopic (exact) mass is 1780 g/mol. The van der Waals surface area contributed by atoms with E-state index in [1.165, 1.54) is 43.3 Å². The van der Waals surface area contributed by atoms with Crippen LogP contribution in [0.2, 0.25) is 0 Å². The van der Waals surface area contributed by atoms with E-state index in [1.54, 1.807) is 124 Å². The predicted octanol–water partition coefficient (Wildman–Crippen LogP) is 6.01. The Kier molecular flexibility index (Phi) is 46.6. The normalized spacial score (nSPS) is 13.7. The number of ether oxygens (including phenoxy) is 7. The van der Waals surface area contributed by atoms with Gasteiger partial charge in [-0.05, 0) is 236 Å². The number of carbonyl (C=O) groups is 17. The van der Waals surface area contributed by atoms with Crippen molar-refractivity contribution >= 4 is 107 Å². The number of urea groups is 1. The summed E-state index contributed by atoms with van der Waals surface area (Å²) in [7, 11) is 0. The largest absolute Gasteiger partial charge is 0.506 e. The second-order valence-electron chi connectivity index (χ2n) is 35.8. The molecule has 1 aliphatic heterocycles. The number of esters is 4. The maximum Gasteiger partial charge on any atom is 0.407 e. The number of imide groups is 1. The van der Waals surface area contributed by atoms with Crippen molar-refractivity contribution < 1.29 is 120 Å². The summed E-state index contributed by atoms with van der Waals surface area (Å²) in [6.07, 6.45) is 4.22. The number of nitrogens with one attached hydrogen (secondary N) is 12. The second-order valence-corrected chi connectivity index (χ2v) is 35.8. The van der Waals surface area contributed by atoms with E-state index >= 15 is 0 Å². The van der Waals surface area contributed by atoms with E-state index in [-0.39, 0.29) is 159 Å². The molecule has 0 fully saturated rings. The van der Waals surface area contributed by atoms with Crippen LogP contribution in [0.1, 0.15) is 254 Å². The van der Waals surface area contributed by atoms with Crippen LogP contribution in [0.25, 0.3) is 0 Å². The highest BCUT2D eigenvalue weighted by Crippen LogP contribution is 2.27. The molecule has 0 radical (unpaired) electrons. The molecule has 0 bridgehead atoms. The van der Waals surface area contributed by atoms with Crippen molar-refractivity contribution in [1.82, 2.24) is 63.4 Å². The lowest BCUT2D eigenvalue weighted by Gasteiger charge is -2.27. The minimum atomic E-state index is -1.25. The van der Waals surface area contributed by atoms with Crippen LogP contribution in [0.15, 0.2) is 54.6 Å². The Labute approximate surface area is 738 Å². The van der Waals surface area contributed by atoms with Crippen LogP contribution in [0.5, 0.6) is 5.75 Å². The Bertz CT molecular complexity index is 4000. The van der Waals surface area contributed by atoms with Gasteiger partial charge in [0.25, 0.3) is 23.6 Å². The highest BCUT2D eigenvalue weighted by molar-refractivity contribution is 6.13. The van der Waals surface area contributed by atoms with E-state index in [9.17, 15) is 86.6 Å². The minimum absolute atomic E-state index is 0.00803. The summed E-state index contributed by atoms with van der Waals surface area (Å²) in [5, 5.41) is 42.7. The second kappa shape index (κ2) is 53.9. The highest BCUT2D eigenvalue weighted by Gasteiger charge is 2.35. The van der Waals surface area contributed by atoms with Crippen LogP contribution < -0.4 is 63.8 Å². The van der Waals surface area contributed by atoms with Crippen LogP contribution >= 0.6 is 0 Å². The minimum Gasteiger partial charge on any atom is -0.506 e. The number of hydrogen-bond acceptors (Lipinski definition) is 25. The fraction of sp³-hybridized carbons (Fsp3) is 0.648. The van der Waals surface area contributed by atoms with Gasteiger partial charge >= 0.3 is 36.0 Å². The summed E-state index contributed by atoms with van der Waals surface area (Å²) in [6.45, 7) is 30.8. The number of phenolic OH excluding ortho intramolecular Hbond substituents is 1. The van der Waals surface area contributed by atoms with E-state index < -0.39 is 160 Å². The van der Waals surface area contributed by atoms with E-state index in [0.717, 1.165) is 17.1 Å². The number of alkyl carbamates (subject to hydrolysis) is 1. The first kappa shape index (κ1) is 109. The predicted molar refractivity (Wildman–Crippen MR) is 464 cm³/mol. The van der Waals surface area contributed by atoms with Crippen LogP contribution in [0, 0.1) is 5.92 Å². The molecule has 3 rings (SSSR count). The third-order valence-electron chi connectivity index (χ3n) is 17.9. The number of unbranched alkanes of at least 4 members (excludes halogenated alkanes) is 3. The fourth-order valence-corrected chi connectivity index (χ4v) is 11.9. The van der Waals surface area contributed by atoms with Crippen LogP contribution in [-0.4, -0.2) is 241 Å². The summed E-state index contributed by atoms with van der Waals surface area (Å²) in [6, 6.07) is 2.86. The van der Waals surface area contributed by atoms with E-state index in [4.69, 9.17) is 33.2 Å². The van der Waals surface area contributed by atoms with Crippen molar-refractivity contribution in [2.75, 3.05) is 71.0 Å². The number of aromatic hydroxyl groups is 1. The van der Waals surface area contributed by atoms with Gasteiger partial charge in [0, 0.05) is 94.1 Å². The third-order valence-corrected chi connectivity index (χ3v) is 17.9. The Morgan fingerprint density at radius 1 is 0.413 bits per heavy atom. The Balaban J connectivity index is 1.39. The molecule has 13 N–H and O–H groups in total. The Hall–Kier alpha value is -11.3. The first-order valence-corrected chi connectivity index (χ1v) is 42.9. The molecule has 0 spiro atoms. The molecule has 126 heavy (non-hydrogen) atoms. The topological polar surface area (TPSA) is 523 Å². The lowest BCUT2D eigenvalue weighted by molar-refractivity contribution is -0.159. The number of benzene rings is 2. The molecule has 38 nitrogen and oxygen atoms in total. The van der Waals surface area contributed by atoms with Gasteiger partial charge in [-0.3, -0.25) is 67.2 Å². The van der Waals surface area contributed by atoms with Crippen LogP contribution in [0.3, 0.4) is 0 Å². The summed E-state index contributed by atoms with van der Waals surface area (Å²) in [5.41, 5.74) is -2.94. The number of anilines is 1. The van der Waals surface area contributed by atoms with E-state index in [1.807, 2.05) is 0 Å². The molecular formula is C88H137N13O25. The summed E-state index contributed by atoms with van der Waals surface area (Å²) < 4.78 is 38.4. The Morgan fingerprint density at radius 2 is 0.889 bits per heavy atom. The molecule has 0 saturated heterocycles. The molecule has 14 amide bonds. The van der Waals surface area contributed by atoms with Crippen molar-refractivity contribution in [1.29, 1.82) is 0 Å². The molecule has 0 saturated carbocycles. The van der Waals surface area contributed by atoms with Gasteiger partial charge in [-0.25, -0.2) is 19.2 Å². The molecule has 1 aliphatic rings. The molecule has 0 unspecified atom stereocenters. The van der Waals surface area contributed by atoms with E-state index in [0.29, 0.717) is 55.2 Å². The molecule has 1 heterocycles. The third kappa shape index (κ3) is 48.3. The number of carbonyl (C=O) groups excluding carboxylic acids is 17. The van der Waals surface area contributed by atoms with Crippen molar-refractivity contribution in [3.05, 3.63) is 71.3 Å². The zero-order valence-electron chi connectivity index (χ0n) is 76.5. The average Bonchev–Trinajstić information content (AvgIpc) is 1.09. The number of amides is 14. The maximum atomic E-state index is 14.0. The quantitative estimate of drug-likeness (QED) is 0.0119. The van der Waals surface area contributed by atoms with Gasteiger partial charge in [-0.15, -0.1) is 0 Å². The SMILES string of the molecule is CC(C)[C@H](NC(=O)[C@H](CCCCNC(=O)CCOCCOCCNC(=O)c1ccc(C(=O)NCCCCC(=O)NCCCC[C@H](NC(=O)N[C@@H](CCC(=O)OC(C)(C)C)C(=O)OC(C)(C)C)C(=O)OC(C)(C)C)cc1)NC(=O)CCCN1C(=O)C=CC1=O)C(=O)N[C@@H](C)C(=O)NCC(=O)Nc1cc(C[C@@H](CCC(=O)OC(C)(C)C)NC(=O)OC(C)(C)C)ccc1O. The molecule has 704 valence electrons. The van der Waals surface area contributed by atoms with Gasteiger partial charge in [0.2, 0.25) is 41.4 Å². The van der Waals surface area contributed by atoms with Crippen LogP contribution in [0.4, 0.5) is 15.3 Å². The molecule has 6 atom stereocenters. The van der Waals surface area contributed by atoms with Gasteiger partial charge in [-0.1, -0.05) is 19.9 Å². The van der Waals surface area contributed by atoms with Crippen molar-refractivity contribution in [3.63, 3.8) is 0 Å². The molecule has 0 aliphatic carbocycles. The van der Waals surface area contributed by atoms with Gasteiger partial charge < -0.3 is 102 Å². The Morgan fingerprint density at radius 3 is 1.42 bits per heavy atom. The molecule has 2 aromatic rings. The fourth-order valence-electron chi connectivity index (χ4n) is 11.9. The summed E-state index contributed by atoms with van der Waals surface area (Å²) in [4.78, 5) is 222.